The van der Waals surface area contributed by atoms with Gasteiger partial charge in [0, 0.05) is 5.92 Å². The van der Waals surface area contributed by atoms with Gasteiger partial charge >= 0.3 is 0 Å². The lowest BCUT2D eigenvalue weighted by Crippen LogP contribution is -2.19. The van der Waals surface area contributed by atoms with Crippen LogP contribution in [0.3, 0.4) is 0 Å². The Morgan fingerprint density at radius 2 is 1.89 bits per heavy atom. The van der Waals surface area contributed by atoms with Gasteiger partial charge in [-0.25, -0.2) is 4.98 Å². The van der Waals surface area contributed by atoms with E-state index in [9.17, 15) is 4.79 Å². The van der Waals surface area contributed by atoms with Gasteiger partial charge in [0.2, 0.25) is 5.91 Å². The molecule has 1 saturated carbocycles. The van der Waals surface area contributed by atoms with Gasteiger partial charge in [-0.3, -0.25) is 4.79 Å². The van der Waals surface area contributed by atoms with Crippen molar-refractivity contribution in [2.75, 3.05) is 11.1 Å². The Morgan fingerprint density at radius 3 is 2.33 bits per heavy atom. The van der Waals surface area contributed by atoms with Crippen molar-refractivity contribution in [1.82, 2.24) is 4.98 Å². The van der Waals surface area contributed by atoms with Gasteiger partial charge in [-0.05, 0) is 29.4 Å². The van der Waals surface area contributed by atoms with Crippen LogP contribution in [0, 0.1) is 23.7 Å². The summed E-state index contributed by atoms with van der Waals surface area (Å²) in [5.74, 6) is 0.682. The number of carbonyl (C=O) groups excluding carboxylic acids is 1. The molecule has 0 unspecified atom stereocenters. The molecule has 2 rings (SSSR count). The number of hydrogen-bond acceptors (Lipinski definition) is 3. The number of aromatic nitrogens is 1. The molecule has 0 spiro atoms. The molecule has 0 saturated heterocycles. The maximum atomic E-state index is 12.3. The number of carbonyl (C=O) groups is 1. The molecule has 1 aliphatic carbocycles. The average molecular weight is 247 g/mol. The lowest BCUT2D eigenvalue weighted by Gasteiger charge is -2.08. The number of nitrogens with one attached hydrogen (secondary N) is 1. The van der Waals surface area contributed by atoms with Crippen LogP contribution < -0.4 is 11.1 Å². The van der Waals surface area contributed by atoms with Gasteiger partial charge in [0.25, 0.3) is 0 Å². The second-order valence-electron chi connectivity index (χ2n) is 6.30. The van der Waals surface area contributed by atoms with Crippen molar-refractivity contribution >= 4 is 17.4 Å². The van der Waals surface area contributed by atoms with E-state index in [4.69, 9.17) is 5.73 Å². The highest BCUT2D eigenvalue weighted by Crippen LogP contribution is 2.68. The van der Waals surface area contributed by atoms with E-state index in [1.54, 1.807) is 6.20 Å². The number of anilines is 2. The zero-order valence-electron chi connectivity index (χ0n) is 11.7. The first-order chi connectivity index (χ1) is 8.18. The number of pyridine rings is 1. The third-order valence-electron chi connectivity index (χ3n) is 4.62. The molecule has 1 aromatic heterocycles. The standard InChI is InChI=1S/C14H21N3O/c1-8-6-9(15)7-16-11(8)17-12(18)10-13(2,3)14(10,4)5/h6-7,10H,15H2,1-5H3,(H,16,17,18). The van der Waals surface area contributed by atoms with E-state index in [-0.39, 0.29) is 22.7 Å². The van der Waals surface area contributed by atoms with Crippen LogP contribution in [0.4, 0.5) is 11.5 Å². The third-order valence-corrected chi connectivity index (χ3v) is 4.62. The van der Waals surface area contributed by atoms with Crippen LogP contribution in [0.2, 0.25) is 0 Å². The fourth-order valence-corrected chi connectivity index (χ4v) is 2.77. The minimum absolute atomic E-state index is 0.0313. The summed E-state index contributed by atoms with van der Waals surface area (Å²) < 4.78 is 0. The molecule has 18 heavy (non-hydrogen) atoms. The molecule has 1 aliphatic rings. The van der Waals surface area contributed by atoms with Crippen molar-refractivity contribution in [2.24, 2.45) is 16.7 Å². The first kappa shape index (κ1) is 12.9. The fraction of sp³-hybridized carbons (Fsp3) is 0.571. The smallest absolute Gasteiger partial charge is 0.229 e. The second kappa shape index (κ2) is 3.70. The van der Waals surface area contributed by atoms with Crippen LogP contribution in [0.15, 0.2) is 12.3 Å². The Hall–Kier alpha value is -1.58. The lowest BCUT2D eigenvalue weighted by atomic mass is 10.0. The molecule has 3 N–H and O–H groups in total. The molecular formula is C14H21N3O. The number of nitrogens with zero attached hydrogens (tertiary/aromatic N) is 1. The monoisotopic (exact) mass is 247 g/mol. The fourth-order valence-electron chi connectivity index (χ4n) is 2.77. The molecule has 0 aliphatic heterocycles. The summed E-state index contributed by atoms with van der Waals surface area (Å²) in [7, 11) is 0. The van der Waals surface area contributed by atoms with Crippen molar-refractivity contribution in [1.29, 1.82) is 0 Å². The van der Waals surface area contributed by atoms with Crippen LogP contribution in [0.1, 0.15) is 33.3 Å². The van der Waals surface area contributed by atoms with Crippen molar-refractivity contribution in [2.45, 2.75) is 34.6 Å². The predicted molar refractivity (Wildman–Crippen MR) is 73.1 cm³/mol. The predicted octanol–water partition coefficient (Wildman–Crippen LogP) is 2.59. The zero-order valence-corrected chi connectivity index (χ0v) is 11.7. The molecule has 1 amide bonds. The largest absolute Gasteiger partial charge is 0.397 e. The summed E-state index contributed by atoms with van der Waals surface area (Å²) in [5.41, 5.74) is 7.22. The van der Waals surface area contributed by atoms with E-state index in [1.807, 2.05) is 13.0 Å². The maximum absolute atomic E-state index is 12.3. The van der Waals surface area contributed by atoms with Crippen LogP contribution in [0.25, 0.3) is 0 Å². The molecule has 1 aromatic rings. The summed E-state index contributed by atoms with van der Waals surface area (Å²) >= 11 is 0. The van der Waals surface area contributed by atoms with E-state index in [2.05, 4.69) is 38.0 Å². The molecule has 1 heterocycles. The van der Waals surface area contributed by atoms with Crippen LogP contribution >= 0.6 is 0 Å². The van der Waals surface area contributed by atoms with Crippen LogP contribution in [-0.2, 0) is 4.79 Å². The Morgan fingerprint density at radius 1 is 1.33 bits per heavy atom. The average Bonchev–Trinajstić information content (AvgIpc) is 2.62. The Kier molecular flexibility index (Phi) is 2.65. The lowest BCUT2D eigenvalue weighted by molar-refractivity contribution is -0.118. The summed E-state index contributed by atoms with van der Waals surface area (Å²) in [6, 6.07) is 1.81. The number of amides is 1. The number of nitrogens with two attached hydrogens (primary N) is 1. The highest BCUT2D eigenvalue weighted by atomic mass is 16.2. The summed E-state index contributed by atoms with van der Waals surface area (Å²) in [6.45, 7) is 10.4. The molecule has 0 atom stereocenters. The Bertz CT molecular complexity index is 492. The van der Waals surface area contributed by atoms with Crippen LogP contribution in [-0.4, -0.2) is 10.9 Å². The zero-order chi connectivity index (χ0) is 13.7. The van der Waals surface area contributed by atoms with Gasteiger partial charge in [0.15, 0.2) is 0 Å². The normalized spacial score (nSPS) is 20.5. The number of aryl methyl sites for hydroxylation is 1. The van der Waals surface area contributed by atoms with Gasteiger partial charge < -0.3 is 11.1 Å². The van der Waals surface area contributed by atoms with Gasteiger partial charge in [0.05, 0.1) is 11.9 Å². The van der Waals surface area contributed by atoms with E-state index in [0.717, 1.165) is 5.56 Å². The summed E-state index contributed by atoms with van der Waals surface area (Å²) in [5, 5.41) is 2.90. The first-order valence-corrected chi connectivity index (χ1v) is 6.21. The topological polar surface area (TPSA) is 68.0 Å². The molecule has 1 fully saturated rings. The maximum Gasteiger partial charge on any atom is 0.229 e. The van der Waals surface area contributed by atoms with E-state index in [1.165, 1.54) is 0 Å². The molecule has 0 aromatic carbocycles. The van der Waals surface area contributed by atoms with Crippen molar-refractivity contribution < 1.29 is 4.79 Å². The van der Waals surface area contributed by atoms with E-state index >= 15 is 0 Å². The third kappa shape index (κ3) is 1.76. The summed E-state index contributed by atoms with van der Waals surface area (Å²) in [6.07, 6.45) is 1.56. The number of nitrogen functional groups attached to an aromatic ring is 1. The van der Waals surface area contributed by atoms with Gasteiger partial charge in [-0.1, -0.05) is 27.7 Å². The van der Waals surface area contributed by atoms with Crippen molar-refractivity contribution in [3.63, 3.8) is 0 Å². The quantitative estimate of drug-likeness (QED) is 0.844. The van der Waals surface area contributed by atoms with Gasteiger partial charge in [-0.15, -0.1) is 0 Å². The molecule has 4 heteroatoms. The second-order valence-corrected chi connectivity index (χ2v) is 6.30. The molecule has 0 radical (unpaired) electrons. The molecule has 98 valence electrons. The summed E-state index contributed by atoms with van der Waals surface area (Å²) in [4.78, 5) is 16.4. The molecular weight excluding hydrogens is 226 g/mol. The number of hydrogen-bond donors (Lipinski definition) is 2. The molecule has 0 bridgehead atoms. The first-order valence-electron chi connectivity index (χ1n) is 6.21. The van der Waals surface area contributed by atoms with E-state index < -0.39 is 0 Å². The van der Waals surface area contributed by atoms with Gasteiger partial charge in [0.1, 0.15) is 5.82 Å². The van der Waals surface area contributed by atoms with Crippen molar-refractivity contribution in [3.8, 4) is 0 Å². The highest BCUT2D eigenvalue weighted by molar-refractivity contribution is 5.95. The van der Waals surface area contributed by atoms with Crippen molar-refractivity contribution in [3.05, 3.63) is 17.8 Å². The SMILES string of the molecule is Cc1cc(N)cnc1NC(=O)C1C(C)(C)C1(C)C. The minimum Gasteiger partial charge on any atom is -0.397 e. The molecule has 4 nitrogen and oxygen atoms in total. The Balaban J connectivity index is 2.14. The van der Waals surface area contributed by atoms with Gasteiger partial charge in [-0.2, -0.15) is 0 Å². The number of rotatable bonds is 2. The van der Waals surface area contributed by atoms with Crippen LogP contribution in [0.5, 0.6) is 0 Å². The van der Waals surface area contributed by atoms with E-state index in [0.29, 0.717) is 11.5 Å². The Labute approximate surface area is 108 Å². The minimum atomic E-state index is 0.0313. The highest BCUT2D eigenvalue weighted by Gasteiger charge is 2.68.